The third-order valence-electron chi connectivity index (χ3n) is 3.39. The molecule has 0 fully saturated rings. The SMILES string of the molecule is CCN(Cc1nnc(-c2ccccc2Cl)o1)Cc1ccc(Cl)s1. The number of benzene rings is 1. The van der Waals surface area contributed by atoms with Crippen LogP contribution in [0.25, 0.3) is 11.5 Å². The van der Waals surface area contributed by atoms with E-state index in [1.165, 1.54) is 4.88 Å². The normalized spacial score (nSPS) is 11.3. The lowest BCUT2D eigenvalue weighted by atomic mass is 10.2. The number of halogens is 2. The zero-order valence-electron chi connectivity index (χ0n) is 12.5. The van der Waals surface area contributed by atoms with Crippen molar-refractivity contribution in [2.45, 2.75) is 20.0 Å². The van der Waals surface area contributed by atoms with Crippen LogP contribution in [0.1, 0.15) is 17.7 Å². The first kappa shape index (κ1) is 16.5. The maximum atomic E-state index is 6.16. The highest BCUT2D eigenvalue weighted by atomic mass is 35.5. The van der Waals surface area contributed by atoms with Gasteiger partial charge in [0.25, 0.3) is 0 Å². The number of aromatic nitrogens is 2. The zero-order valence-corrected chi connectivity index (χ0v) is 14.8. The van der Waals surface area contributed by atoms with E-state index in [0.29, 0.717) is 23.3 Å². The first-order valence-corrected chi connectivity index (χ1v) is 8.77. The lowest BCUT2D eigenvalue weighted by Crippen LogP contribution is -2.21. The Kier molecular flexibility index (Phi) is 5.33. The molecule has 7 heteroatoms. The molecule has 0 atom stereocenters. The Morgan fingerprint density at radius 3 is 2.61 bits per heavy atom. The monoisotopic (exact) mass is 367 g/mol. The summed E-state index contributed by atoms with van der Waals surface area (Å²) in [5.41, 5.74) is 0.751. The Morgan fingerprint density at radius 2 is 1.91 bits per heavy atom. The fourth-order valence-electron chi connectivity index (χ4n) is 2.19. The minimum absolute atomic E-state index is 0.445. The lowest BCUT2D eigenvalue weighted by molar-refractivity contribution is 0.245. The molecular formula is C16H15Cl2N3OS. The highest BCUT2D eigenvalue weighted by Crippen LogP contribution is 2.27. The van der Waals surface area contributed by atoms with E-state index in [1.807, 2.05) is 30.3 Å². The molecule has 0 saturated heterocycles. The van der Waals surface area contributed by atoms with E-state index < -0.39 is 0 Å². The molecular weight excluding hydrogens is 353 g/mol. The largest absolute Gasteiger partial charge is 0.419 e. The van der Waals surface area contributed by atoms with Gasteiger partial charge in [0.1, 0.15) is 0 Å². The first-order chi connectivity index (χ1) is 11.2. The van der Waals surface area contributed by atoms with E-state index in [4.69, 9.17) is 27.6 Å². The topological polar surface area (TPSA) is 42.2 Å². The third kappa shape index (κ3) is 4.12. The second-order valence-electron chi connectivity index (χ2n) is 4.99. The van der Waals surface area contributed by atoms with Crippen LogP contribution in [0, 0.1) is 0 Å². The average molecular weight is 368 g/mol. The molecule has 0 unspecified atom stereocenters. The fraction of sp³-hybridized carbons (Fsp3) is 0.250. The zero-order chi connectivity index (χ0) is 16.2. The van der Waals surface area contributed by atoms with Crippen LogP contribution in [0.15, 0.2) is 40.8 Å². The standard InChI is InChI=1S/C16H15Cl2N3OS/c1-2-21(9-11-7-8-14(18)23-11)10-15-19-20-16(22-15)12-5-3-4-6-13(12)17/h3-8H,2,9-10H2,1H3. The highest BCUT2D eigenvalue weighted by Gasteiger charge is 2.14. The summed E-state index contributed by atoms with van der Waals surface area (Å²) in [5.74, 6) is 1.02. The van der Waals surface area contributed by atoms with Gasteiger partial charge in [0.2, 0.25) is 11.8 Å². The van der Waals surface area contributed by atoms with Crippen LogP contribution in [0.2, 0.25) is 9.36 Å². The molecule has 1 aromatic carbocycles. The van der Waals surface area contributed by atoms with Crippen molar-refractivity contribution >= 4 is 34.5 Å². The number of nitrogens with zero attached hydrogens (tertiary/aromatic N) is 3. The van der Waals surface area contributed by atoms with Crippen LogP contribution in [-0.4, -0.2) is 21.6 Å². The molecule has 2 heterocycles. The van der Waals surface area contributed by atoms with Gasteiger partial charge in [-0.15, -0.1) is 21.5 Å². The Bertz CT molecular complexity index is 787. The maximum Gasteiger partial charge on any atom is 0.249 e. The summed E-state index contributed by atoms with van der Waals surface area (Å²) < 4.78 is 6.56. The molecule has 0 amide bonds. The van der Waals surface area contributed by atoms with Gasteiger partial charge >= 0.3 is 0 Å². The van der Waals surface area contributed by atoms with Crippen LogP contribution in [0.4, 0.5) is 0 Å². The highest BCUT2D eigenvalue weighted by molar-refractivity contribution is 7.16. The maximum absolute atomic E-state index is 6.16. The summed E-state index contributed by atoms with van der Waals surface area (Å²) in [4.78, 5) is 3.43. The Hall–Kier alpha value is -1.40. The van der Waals surface area contributed by atoms with Gasteiger partial charge in [-0.25, -0.2) is 0 Å². The molecule has 120 valence electrons. The van der Waals surface area contributed by atoms with Crippen LogP contribution < -0.4 is 0 Å². The van der Waals surface area contributed by atoms with Gasteiger partial charge in [-0.2, -0.15) is 0 Å². The minimum Gasteiger partial charge on any atom is -0.419 e. The second kappa shape index (κ2) is 7.45. The summed E-state index contributed by atoms with van der Waals surface area (Å²) >= 11 is 13.7. The molecule has 0 bridgehead atoms. The Balaban J connectivity index is 1.71. The summed E-state index contributed by atoms with van der Waals surface area (Å²) in [6.45, 7) is 4.36. The molecule has 0 aliphatic carbocycles. The second-order valence-corrected chi connectivity index (χ2v) is 7.20. The van der Waals surface area contributed by atoms with Gasteiger partial charge in [0, 0.05) is 11.4 Å². The Morgan fingerprint density at radius 1 is 1.09 bits per heavy atom. The lowest BCUT2D eigenvalue weighted by Gasteiger charge is -2.16. The molecule has 3 aromatic rings. The van der Waals surface area contributed by atoms with E-state index in [-0.39, 0.29) is 0 Å². The van der Waals surface area contributed by atoms with Crippen molar-refractivity contribution in [1.29, 1.82) is 0 Å². The van der Waals surface area contributed by atoms with Crippen LogP contribution in [0.3, 0.4) is 0 Å². The van der Waals surface area contributed by atoms with Crippen molar-refractivity contribution in [2.75, 3.05) is 6.54 Å². The first-order valence-electron chi connectivity index (χ1n) is 7.19. The van der Waals surface area contributed by atoms with E-state index in [0.717, 1.165) is 23.0 Å². The van der Waals surface area contributed by atoms with E-state index in [2.05, 4.69) is 22.0 Å². The predicted octanol–water partition coefficient (Wildman–Crippen LogP) is 5.13. The van der Waals surface area contributed by atoms with Crippen molar-refractivity contribution in [3.05, 3.63) is 56.5 Å². The van der Waals surface area contributed by atoms with Crippen LogP contribution in [0.5, 0.6) is 0 Å². The molecule has 0 aliphatic heterocycles. The smallest absolute Gasteiger partial charge is 0.249 e. The molecule has 2 aromatic heterocycles. The van der Waals surface area contributed by atoms with Crippen molar-refractivity contribution in [1.82, 2.24) is 15.1 Å². The predicted molar refractivity (Wildman–Crippen MR) is 93.9 cm³/mol. The van der Waals surface area contributed by atoms with Gasteiger partial charge < -0.3 is 4.42 Å². The van der Waals surface area contributed by atoms with E-state index >= 15 is 0 Å². The summed E-state index contributed by atoms with van der Waals surface area (Å²) in [6.07, 6.45) is 0. The molecule has 0 saturated carbocycles. The molecule has 4 nitrogen and oxygen atoms in total. The molecule has 0 radical (unpaired) electrons. The van der Waals surface area contributed by atoms with Crippen molar-refractivity contribution in [3.63, 3.8) is 0 Å². The molecule has 23 heavy (non-hydrogen) atoms. The van der Waals surface area contributed by atoms with E-state index in [1.54, 1.807) is 17.4 Å². The van der Waals surface area contributed by atoms with Gasteiger partial charge in [-0.3, -0.25) is 4.90 Å². The van der Waals surface area contributed by atoms with Crippen molar-refractivity contribution in [3.8, 4) is 11.5 Å². The van der Waals surface area contributed by atoms with Gasteiger partial charge in [-0.05, 0) is 30.8 Å². The quantitative estimate of drug-likeness (QED) is 0.605. The molecule has 0 N–H and O–H groups in total. The third-order valence-corrected chi connectivity index (χ3v) is 4.93. The molecule has 0 spiro atoms. The fourth-order valence-corrected chi connectivity index (χ4v) is 3.54. The van der Waals surface area contributed by atoms with Gasteiger partial charge in [0.15, 0.2) is 0 Å². The number of rotatable bonds is 6. The molecule has 3 rings (SSSR count). The number of thiophene rings is 1. The van der Waals surface area contributed by atoms with Crippen LogP contribution in [-0.2, 0) is 13.1 Å². The average Bonchev–Trinajstić information content (AvgIpc) is 3.16. The minimum atomic E-state index is 0.445. The molecule has 0 aliphatic rings. The van der Waals surface area contributed by atoms with Crippen LogP contribution >= 0.6 is 34.5 Å². The van der Waals surface area contributed by atoms with Gasteiger partial charge in [-0.1, -0.05) is 42.3 Å². The number of hydrogen-bond donors (Lipinski definition) is 0. The summed E-state index contributed by atoms with van der Waals surface area (Å²) in [6, 6.07) is 11.4. The summed E-state index contributed by atoms with van der Waals surface area (Å²) in [5, 5.41) is 8.83. The number of hydrogen-bond acceptors (Lipinski definition) is 5. The van der Waals surface area contributed by atoms with Crippen molar-refractivity contribution in [2.24, 2.45) is 0 Å². The van der Waals surface area contributed by atoms with Gasteiger partial charge in [0.05, 0.1) is 21.5 Å². The van der Waals surface area contributed by atoms with Crippen molar-refractivity contribution < 1.29 is 4.42 Å². The Labute approximate surface area is 148 Å². The van der Waals surface area contributed by atoms with E-state index in [9.17, 15) is 0 Å². The summed E-state index contributed by atoms with van der Waals surface area (Å²) in [7, 11) is 0.